The molecule has 2 heterocycles. The molecule has 0 bridgehead atoms. The topological polar surface area (TPSA) is 87.6 Å². The molecule has 0 aromatic carbocycles. The lowest BCUT2D eigenvalue weighted by Gasteiger charge is -2.27. The Morgan fingerprint density at radius 3 is 2.89 bits per heavy atom. The normalized spacial score (nSPS) is 21.7. The molecule has 1 saturated heterocycles. The maximum absolute atomic E-state index is 8.57. The smallest absolute Gasteiger partial charge is 0.190 e. The van der Waals surface area contributed by atoms with E-state index in [0.29, 0.717) is 11.7 Å². The largest absolute Gasteiger partial charge is 0.409 e. The average molecular weight is 249 g/mol. The predicted octanol–water partition coefficient (Wildman–Crippen LogP) is 1.34. The van der Waals surface area contributed by atoms with E-state index in [1.807, 2.05) is 0 Å². The van der Waals surface area contributed by atoms with Gasteiger partial charge in [0.15, 0.2) is 5.84 Å². The average Bonchev–Trinajstić information content (AvgIpc) is 2.63. The van der Waals surface area contributed by atoms with Gasteiger partial charge < -0.3 is 15.8 Å². The molecule has 0 radical (unpaired) electrons. The van der Waals surface area contributed by atoms with Gasteiger partial charge in [-0.1, -0.05) is 18.0 Å². The van der Waals surface area contributed by atoms with Crippen LogP contribution in [0.2, 0.25) is 0 Å². The Balaban J connectivity index is 2.17. The fourth-order valence-corrected chi connectivity index (χ4v) is 2.27. The zero-order valence-corrected chi connectivity index (χ0v) is 10.6. The van der Waals surface area contributed by atoms with Gasteiger partial charge in [-0.05, 0) is 19.8 Å². The molecule has 98 valence electrons. The molecule has 3 N–H and O–H groups in total. The highest BCUT2D eigenvalue weighted by molar-refractivity contribution is 5.94. The molecular formula is C12H19N5O. The van der Waals surface area contributed by atoms with E-state index >= 15 is 0 Å². The maximum atomic E-state index is 8.57. The molecule has 6 heteroatoms. The fourth-order valence-electron chi connectivity index (χ4n) is 2.27. The van der Waals surface area contributed by atoms with Crippen LogP contribution in [0.3, 0.4) is 0 Å². The Morgan fingerprint density at radius 1 is 1.39 bits per heavy atom. The van der Waals surface area contributed by atoms with Crippen molar-refractivity contribution in [2.24, 2.45) is 10.9 Å². The summed E-state index contributed by atoms with van der Waals surface area (Å²) in [5.74, 6) is 0.844. The van der Waals surface area contributed by atoms with E-state index in [-0.39, 0.29) is 5.84 Å². The number of hydrogen-bond donors (Lipinski definition) is 2. The zero-order chi connectivity index (χ0) is 13.0. The maximum Gasteiger partial charge on any atom is 0.190 e. The number of hydrogen-bond acceptors (Lipinski definition) is 5. The molecule has 1 unspecified atom stereocenters. The number of nitrogens with two attached hydrogens (primary N) is 1. The van der Waals surface area contributed by atoms with Crippen molar-refractivity contribution in [2.75, 3.05) is 11.4 Å². The first-order valence-corrected chi connectivity index (χ1v) is 6.29. The SMILES string of the molecule is CC1CCCCCN1c1cnc(C(N)=NO)cn1. The molecule has 1 aromatic heterocycles. The Labute approximate surface area is 107 Å². The molecule has 1 aliphatic heterocycles. The monoisotopic (exact) mass is 249 g/mol. The van der Waals surface area contributed by atoms with Crippen molar-refractivity contribution < 1.29 is 5.21 Å². The molecule has 1 aliphatic rings. The van der Waals surface area contributed by atoms with E-state index in [2.05, 4.69) is 26.9 Å². The van der Waals surface area contributed by atoms with Crippen LogP contribution in [0.4, 0.5) is 5.82 Å². The Morgan fingerprint density at radius 2 is 2.22 bits per heavy atom. The van der Waals surface area contributed by atoms with E-state index in [9.17, 15) is 0 Å². The summed E-state index contributed by atoms with van der Waals surface area (Å²) in [4.78, 5) is 10.8. The van der Waals surface area contributed by atoms with E-state index in [1.165, 1.54) is 25.7 Å². The third kappa shape index (κ3) is 2.69. The molecule has 0 saturated carbocycles. The highest BCUT2D eigenvalue weighted by atomic mass is 16.4. The van der Waals surface area contributed by atoms with Gasteiger partial charge in [0, 0.05) is 12.6 Å². The summed E-state index contributed by atoms with van der Waals surface area (Å²) in [7, 11) is 0. The molecular weight excluding hydrogens is 230 g/mol. The van der Waals surface area contributed by atoms with Gasteiger partial charge in [-0.3, -0.25) is 0 Å². The van der Waals surface area contributed by atoms with Crippen LogP contribution in [0.25, 0.3) is 0 Å². The Hall–Kier alpha value is -1.85. The minimum Gasteiger partial charge on any atom is -0.409 e. The van der Waals surface area contributed by atoms with Crippen LogP contribution in [-0.2, 0) is 0 Å². The van der Waals surface area contributed by atoms with Crippen LogP contribution in [0.15, 0.2) is 17.5 Å². The summed E-state index contributed by atoms with van der Waals surface area (Å²) >= 11 is 0. The summed E-state index contributed by atoms with van der Waals surface area (Å²) in [6.07, 6.45) is 8.15. The minimum atomic E-state index is -0.0158. The second-order valence-corrected chi connectivity index (χ2v) is 4.64. The number of nitrogens with zero attached hydrogens (tertiary/aromatic N) is 4. The zero-order valence-electron chi connectivity index (χ0n) is 10.6. The lowest BCUT2D eigenvalue weighted by molar-refractivity contribution is 0.318. The molecule has 6 nitrogen and oxygen atoms in total. The lowest BCUT2D eigenvalue weighted by atomic mass is 10.1. The number of rotatable bonds is 2. The first kappa shape index (κ1) is 12.6. The summed E-state index contributed by atoms with van der Waals surface area (Å²) < 4.78 is 0. The number of amidine groups is 1. The number of anilines is 1. The van der Waals surface area contributed by atoms with Gasteiger partial charge in [0.25, 0.3) is 0 Å². The highest BCUT2D eigenvalue weighted by Crippen LogP contribution is 2.21. The minimum absolute atomic E-state index is 0.0158. The third-order valence-electron chi connectivity index (χ3n) is 3.36. The van der Waals surface area contributed by atoms with Crippen molar-refractivity contribution in [2.45, 2.75) is 38.6 Å². The van der Waals surface area contributed by atoms with Crippen molar-refractivity contribution in [1.82, 2.24) is 9.97 Å². The van der Waals surface area contributed by atoms with Crippen LogP contribution >= 0.6 is 0 Å². The molecule has 0 aliphatic carbocycles. The standard InChI is InChI=1S/C12H19N5O/c1-9-5-3-2-4-6-17(9)11-8-14-10(7-15-11)12(13)16-18/h7-9,18H,2-6H2,1H3,(H2,13,16). The van der Waals surface area contributed by atoms with Crippen molar-refractivity contribution in [1.29, 1.82) is 0 Å². The van der Waals surface area contributed by atoms with Crippen LogP contribution in [0.1, 0.15) is 38.3 Å². The number of oxime groups is 1. The van der Waals surface area contributed by atoms with Gasteiger partial charge in [0.1, 0.15) is 11.5 Å². The molecule has 2 rings (SSSR count). The van der Waals surface area contributed by atoms with Gasteiger partial charge in [-0.2, -0.15) is 0 Å². The fraction of sp³-hybridized carbons (Fsp3) is 0.583. The second-order valence-electron chi connectivity index (χ2n) is 4.64. The van der Waals surface area contributed by atoms with Gasteiger partial charge in [-0.15, -0.1) is 0 Å². The van der Waals surface area contributed by atoms with Crippen LogP contribution in [0.5, 0.6) is 0 Å². The summed E-state index contributed by atoms with van der Waals surface area (Å²) in [5.41, 5.74) is 5.85. The highest BCUT2D eigenvalue weighted by Gasteiger charge is 2.18. The number of aromatic nitrogens is 2. The van der Waals surface area contributed by atoms with Gasteiger partial charge in [-0.25, -0.2) is 9.97 Å². The summed E-state index contributed by atoms with van der Waals surface area (Å²) in [5, 5.41) is 11.5. The quantitative estimate of drug-likeness (QED) is 0.357. The van der Waals surface area contributed by atoms with E-state index in [4.69, 9.17) is 10.9 Å². The molecule has 1 fully saturated rings. The van der Waals surface area contributed by atoms with E-state index in [1.54, 1.807) is 12.4 Å². The summed E-state index contributed by atoms with van der Waals surface area (Å²) in [6.45, 7) is 3.23. The van der Waals surface area contributed by atoms with Crippen molar-refractivity contribution in [3.63, 3.8) is 0 Å². The van der Waals surface area contributed by atoms with E-state index in [0.717, 1.165) is 12.4 Å². The third-order valence-corrected chi connectivity index (χ3v) is 3.36. The predicted molar refractivity (Wildman–Crippen MR) is 69.8 cm³/mol. The van der Waals surface area contributed by atoms with Crippen molar-refractivity contribution in [3.8, 4) is 0 Å². The lowest BCUT2D eigenvalue weighted by Crippen LogP contribution is -2.33. The van der Waals surface area contributed by atoms with Crippen LogP contribution in [0, 0.1) is 0 Å². The molecule has 1 aromatic rings. The van der Waals surface area contributed by atoms with Crippen molar-refractivity contribution in [3.05, 3.63) is 18.1 Å². The van der Waals surface area contributed by atoms with Crippen molar-refractivity contribution >= 4 is 11.7 Å². The van der Waals surface area contributed by atoms with Gasteiger partial charge in [0.05, 0.1) is 12.4 Å². The molecule has 18 heavy (non-hydrogen) atoms. The van der Waals surface area contributed by atoms with Crippen LogP contribution < -0.4 is 10.6 Å². The Kier molecular flexibility index (Phi) is 3.96. The second kappa shape index (κ2) is 5.66. The van der Waals surface area contributed by atoms with Gasteiger partial charge >= 0.3 is 0 Å². The van der Waals surface area contributed by atoms with E-state index < -0.39 is 0 Å². The first-order chi connectivity index (χ1) is 8.72. The van der Waals surface area contributed by atoms with Crippen LogP contribution in [-0.4, -0.2) is 33.6 Å². The molecule has 1 atom stereocenters. The first-order valence-electron chi connectivity index (χ1n) is 6.29. The Bertz CT molecular complexity index is 417. The summed E-state index contributed by atoms with van der Waals surface area (Å²) in [6, 6.07) is 0.483. The molecule has 0 spiro atoms. The van der Waals surface area contributed by atoms with Gasteiger partial charge in [0.2, 0.25) is 0 Å². The molecule has 0 amide bonds.